The summed E-state index contributed by atoms with van der Waals surface area (Å²) in [4.78, 5) is 2.56. The summed E-state index contributed by atoms with van der Waals surface area (Å²) >= 11 is 9.85. The molecular formula is C13H21BrClN3. The SMILES string of the molecule is Cc1nn(C)c(CN(CCCBr)C2CCC2)c1Cl. The molecule has 0 spiro atoms. The van der Waals surface area contributed by atoms with Crippen LogP contribution < -0.4 is 0 Å². The Hall–Kier alpha value is -0.0600. The van der Waals surface area contributed by atoms with Crippen molar-refractivity contribution in [3.63, 3.8) is 0 Å². The molecule has 0 N–H and O–H groups in total. The van der Waals surface area contributed by atoms with Crippen molar-refractivity contribution < 1.29 is 0 Å². The second-order valence-corrected chi connectivity index (χ2v) is 6.24. The molecule has 1 heterocycles. The van der Waals surface area contributed by atoms with Crippen LogP contribution in [0.2, 0.25) is 5.02 Å². The van der Waals surface area contributed by atoms with Crippen molar-refractivity contribution in [1.82, 2.24) is 14.7 Å². The maximum absolute atomic E-state index is 6.34. The lowest BCUT2D eigenvalue weighted by atomic mass is 9.91. The van der Waals surface area contributed by atoms with Crippen LogP contribution in [0, 0.1) is 6.92 Å². The van der Waals surface area contributed by atoms with E-state index in [4.69, 9.17) is 11.6 Å². The van der Waals surface area contributed by atoms with Gasteiger partial charge in [0.15, 0.2) is 0 Å². The van der Waals surface area contributed by atoms with Gasteiger partial charge in [-0.2, -0.15) is 5.10 Å². The van der Waals surface area contributed by atoms with E-state index in [1.165, 1.54) is 25.7 Å². The summed E-state index contributed by atoms with van der Waals surface area (Å²) < 4.78 is 1.93. The van der Waals surface area contributed by atoms with Gasteiger partial charge in [0.1, 0.15) is 0 Å². The first-order chi connectivity index (χ1) is 8.63. The average molecular weight is 335 g/mol. The topological polar surface area (TPSA) is 21.1 Å². The molecule has 0 unspecified atom stereocenters. The van der Waals surface area contributed by atoms with Crippen LogP contribution in [-0.4, -0.2) is 32.6 Å². The van der Waals surface area contributed by atoms with Crippen molar-refractivity contribution in [2.75, 3.05) is 11.9 Å². The maximum Gasteiger partial charge on any atom is 0.0860 e. The van der Waals surface area contributed by atoms with Crippen LogP contribution >= 0.6 is 27.5 Å². The van der Waals surface area contributed by atoms with Gasteiger partial charge in [-0.3, -0.25) is 9.58 Å². The number of alkyl halides is 1. The number of hydrogen-bond acceptors (Lipinski definition) is 2. The van der Waals surface area contributed by atoms with E-state index in [0.29, 0.717) is 0 Å². The molecule has 0 amide bonds. The third kappa shape index (κ3) is 3.09. The zero-order valence-corrected chi connectivity index (χ0v) is 13.5. The van der Waals surface area contributed by atoms with Gasteiger partial charge in [-0.1, -0.05) is 34.0 Å². The Morgan fingerprint density at radius 2 is 2.22 bits per heavy atom. The second kappa shape index (κ2) is 6.40. The molecule has 1 aliphatic carbocycles. The average Bonchev–Trinajstić information content (AvgIpc) is 2.50. The Kier molecular flexibility index (Phi) is 5.10. The lowest BCUT2D eigenvalue weighted by molar-refractivity contribution is 0.117. The van der Waals surface area contributed by atoms with E-state index >= 15 is 0 Å². The third-order valence-corrected chi connectivity index (χ3v) is 4.84. The zero-order valence-electron chi connectivity index (χ0n) is 11.1. The lowest BCUT2D eigenvalue weighted by Crippen LogP contribution is -2.40. The minimum atomic E-state index is 0.746. The highest BCUT2D eigenvalue weighted by Crippen LogP contribution is 2.28. The molecule has 2 rings (SSSR count). The van der Waals surface area contributed by atoms with Crippen molar-refractivity contribution >= 4 is 27.5 Å². The normalized spacial score (nSPS) is 16.3. The van der Waals surface area contributed by atoms with Crippen molar-refractivity contribution in [3.05, 3.63) is 16.4 Å². The maximum atomic E-state index is 6.34. The fourth-order valence-corrected chi connectivity index (χ4v) is 2.92. The van der Waals surface area contributed by atoms with Crippen LogP contribution in [0.15, 0.2) is 0 Å². The van der Waals surface area contributed by atoms with Crippen molar-refractivity contribution in [2.24, 2.45) is 7.05 Å². The molecule has 3 nitrogen and oxygen atoms in total. The van der Waals surface area contributed by atoms with Gasteiger partial charge in [-0.25, -0.2) is 0 Å². The first-order valence-corrected chi connectivity index (χ1v) is 8.11. The molecule has 1 aromatic heterocycles. The molecule has 0 bridgehead atoms. The molecule has 1 aromatic rings. The Balaban J connectivity index is 2.07. The van der Waals surface area contributed by atoms with Gasteiger partial charge in [0.25, 0.3) is 0 Å². The highest BCUT2D eigenvalue weighted by molar-refractivity contribution is 9.09. The van der Waals surface area contributed by atoms with Crippen molar-refractivity contribution in [2.45, 2.75) is 45.2 Å². The number of rotatable bonds is 6. The second-order valence-electron chi connectivity index (χ2n) is 5.07. The van der Waals surface area contributed by atoms with Crippen LogP contribution in [-0.2, 0) is 13.6 Å². The van der Waals surface area contributed by atoms with Crippen LogP contribution in [0.4, 0.5) is 0 Å². The van der Waals surface area contributed by atoms with Gasteiger partial charge in [-0.15, -0.1) is 0 Å². The Morgan fingerprint density at radius 1 is 1.50 bits per heavy atom. The van der Waals surface area contributed by atoms with E-state index < -0.39 is 0 Å². The first-order valence-electron chi connectivity index (χ1n) is 6.61. The number of aromatic nitrogens is 2. The van der Waals surface area contributed by atoms with E-state index in [9.17, 15) is 0 Å². The summed E-state index contributed by atoms with van der Waals surface area (Å²) in [6.07, 6.45) is 5.21. The van der Waals surface area contributed by atoms with E-state index in [-0.39, 0.29) is 0 Å². The predicted octanol–water partition coefficient (Wildman–Crippen LogP) is 3.52. The van der Waals surface area contributed by atoms with E-state index in [2.05, 4.69) is 25.9 Å². The fraction of sp³-hybridized carbons (Fsp3) is 0.769. The number of hydrogen-bond donors (Lipinski definition) is 0. The van der Waals surface area contributed by atoms with E-state index in [1.807, 2.05) is 18.7 Å². The number of aryl methyl sites for hydroxylation is 2. The molecule has 102 valence electrons. The molecule has 0 radical (unpaired) electrons. The summed E-state index contributed by atoms with van der Waals surface area (Å²) in [5, 5.41) is 6.29. The fourth-order valence-electron chi connectivity index (χ4n) is 2.45. The minimum absolute atomic E-state index is 0.746. The Bertz CT molecular complexity index is 401. The highest BCUT2D eigenvalue weighted by Gasteiger charge is 2.26. The van der Waals surface area contributed by atoms with Crippen molar-refractivity contribution in [1.29, 1.82) is 0 Å². The summed E-state index contributed by atoms with van der Waals surface area (Å²) in [6.45, 7) is 4.03. The largest absolute Gasteiger partial charge is 0.294 e. The first kappa shape index (κ1) is 14.4. The standard InChI is InChI=1S/C13H21BrClN3/c1-10-13(15)12(17(2)16-10)9-18(8-4-7-14)11-5-3-6-11/h11H,3-9H2,1-2H3. The van der Waals surface area contributed by atoms with Crippen LogP contribution in [0.25, 0.3) is 0 Å². The van der Waals surface area contributed by atoms with Gasteiger partial charge in [0.05, 0.1) is 16.4 Å². The summed E-state index contributed by atoms with van der Waals surface area (Å²) in [5.41, 5.74) is 2.08. The van der Waals surface area contributed by atoms with Crippen LogP contribution in [0.3, 0.4) is 0 Å². The number of nitrogens with zero attached hydrogens (tertiary/aromatic N) is 3. The molecule has 5 heteroatoms. The molecular weight excluding hydrogens is 314 g/mol. The van der Waals surface area contributed by atoms with Gasteiger partial charge in [0.2, 0.25) is 0 Å². The van der Waals surface area contributed by atoms with E-state index in [0.717, 1.165) is 40.9 Å². The molecule has 0 saturated heterocycles. The monoisotopic (exact) mass is 333 g/mol. The number of halogens is 2. The van der Waals surface area contributed by atoms with Gasteiger partial charge in [0, 0.05) is 25.0 Å². The molecule has 1 aliphatic rings. The lowest BCUT2D eigenvalue weighted by Gasteiger charge is -2.37. The minimum Gasteiger partial charge on any atom is -0.294 e. The summed E-state index contributed by atoms with van der Waals surface area (Å²) in [6, 6.07) is 0.746. The predicted molar refractivity (Wildman–Crippen MR) is 79.4 cm³/mol. The quantitative estimate of drug-likeness (QED) is 0.742. The summed E-state index contributed by atoms with van der Waals surface area (Å²) in [5.74, 6) is 0. The molecule has 0 aromatic carbocycles. The molecule has 18 heavy (non-hydrogen) atoms. The van der Waals surface area contributed by atoms with Gasteiger partial charge >= 0.3 is 0 Å². The Labute approximate surface area is 123 Å². The molecule has 1 saturated carbocycles. The Morgan fingerprint density at radius 3 is 2.67 bits per heavy atom. The molecule has 0 aliphatic heterocycles. The molecule has 0 atom stereocenters. The highest BCUT2D eigenvalue weighted by atomic mass is 79.9. The smallest absolute Gasteiger partial charge is 0.0860 e. The van der Waals surface area contributed by atoms with Crippen molar-refractivity contribution in [3.8, 4) is 0 Å². The van der Waals surface area contributed by atoms with Crippen LogP contribution in [0.1, 0.15) is 37.1 Å². The van der Waals surface area contributed by atoms with Crippen LogP contribution in [0.5, 0.6) is 0 Å². The van der Waals surface area contributed by atoms with Gasteiger partial charge in [-0.05, 0) is 32.7 Å². The zero-order chi connectivity index (χ0) is 13.1. The van der Waals surface area contributed by atoms with E-state index in [1.54, 1.807) is 0 Å². The summed E-state index contributed by atoms with van der Waals surface area (Å²) in [7, 11) is 1.98. The van der Waals surface area contributed by atoms with Gasteiger partial charge < -0.3 is 0 Å². The third-order valence-electron chi connectivity index (χ3n) is 3.78. The molecule has 1 fully saturated rings.